The molecule has 0 aliphatic carbocycles. The van der Waals surface area contributed by atoms with Gasteiger partial charge in [-0.1, -0.05) is 20.8 Å². The van der Waals surface area contributed by atoms with Gasteiger partial charge in [0.2, 0.25) is 5.91 Å². The van der Waals surface area contributed by atoms with E-state index in [0.717, 1.165) is 13.0 Å². The summed E-state index contributed by atoms with van der Waals surface area (Å²) in [6.07, 6.45) is 1.30. The highest BCUT2D eigenvalue weighted by Crippen LogP contribution is 1.84. The van der Waals surface area contributed by atoms with Crippen molar-refractivity contribution < 1.29 is 15.7 Å². The van der Waals surface area contributed by atoms with Gasteiger partial charge in [0, 0.05) is 14.5 Å². The number of rotatable bonds is 8. The maximum atomic E-state index is 10.2. The number of carbonyl (C=O) groups is 1. The molecule has 4 heteroatoms. The number of hydrogen-bond donors (Lipinski definition) is 1. The molecule has 88 valence electrons. The third-order valence-electron chi connectivity index (χ3n) is 1.21. The maximum Gasteiger partial charge on any atom is 0.219 e. The van der Waals surface area contributed by atoms with Gasteiger partial charge >= 0.3 is 0 Å². The van der Waals surface area contributed by atoms with Crippen LogP contribution in [0, 0.1) is 0 Å². The van der Waals surface area contributed by atoms with Crippen molar-refractivity contribution in [2.45, 2.75) is 33.6 Å². The fraction of sp³-hybridized carbons (Fsp3) is 0.900. The second-order valence-corrected chi connectivity index (χ2v) is 2.44. The van der Waals surface area contributed by atoms with Crippen LogP contribution in [0.2, 0.25) is 0 Å². The number of ether oxygens (including phenoxy) is 2. The Labute approximate surface area is 88.2 Å². The number of hydrogen-bond acceptors (Lipinski definition) is 3. The topological polar surface area (TPSA) is 61.6 Å². The molecule has 0 aromatic rings. The van der Waals surface area contributed by atoms with Gasteiger partial charge in [-0.25, -0.2) is 0 Å². The number of amides is 1. The van der Waals surface area contributed by atoms with Crippen LogP contribution in [-0.4, -0.2) is 32.3 Å². The first-order valence-electron chi connectivity index (χ1n) is 5.21. The molecule has 2 N–H and O–H groups in total. The van der Waals surface area contributed by atoms with Crippen LogP contribution in [0.15, 0.2) is 0 Å². The van der Waals surface area contributed by atoms with Crippen LogP contribution in [0.4, 0.5) is 0 Å². The van der Waals surface area contributed by atoms with E-state index in [1.54, 1.807) is 0 Å². The van der Waals surface area contributed by atoms with Crippen LogP contribution in [0.5, 0.6) is 0 Å². The van der Waals surface area contributed by atoms with E-state index in [-0.39, 0.29) is 13.8 Å². The second-order valence-electron chi connectivity index (χ2n) is 2.44. The number of primary amides is 1. The van der Waals surface area contributed by atoms with E-state index in [1.807, 2.05) is 20.8 Å². The third kappa shape index (κ3) is 17.5. The average molecular weight is 207 g/mol. The molecule has 0 atom stereocenters. The van der Waals surface area contributed by atoms with Crippen LogP contribution in [0.3, 0.4) is 0 Å². The Hall–Kier alpha value is -0.610. The Balaban J connectivity index is -0.000000449. The van der Waals surface area contributed by atoms with E-state index in [4.69, 9.17) is 15.2 Å². The summed E-state index contributed by atoms with van der Waals surface area (Å²) in [5, 5.41) is 0. The van der Waals surface area contributed by atoms with Gasteiger partial charge < -0.3 is 15.2 Å². The smallest absolute Gasteiger partial charge is 0.219 e. The van der Waals surface area contributed by atoms with Gasteiger partial charge in [-0.3, -0.25) is 4.79 Å². The first-order chi connectivity index (χ1) is 6.77. The molecule has 0 aliphatic rings. The van der Waals surface area contributed by atoms with E-state index >= 15 is 0 Å². The minimum Gasteiger partial charge on any atom is -0.379 e. The zero-order chi connectivity index (χ0) is 11.2. The molecule has 4 nitrogen and oxygen atoms in total. The molecule has 0 fully saturated rings. The molecule has 0 rings (SSSR count). The summed E-state index contributed by atoms with van der Waals surface area (Å²) in [7, 11) is 0. The first-order valence-corrected chi connectivity index (χ1v) is 5.21. The molecule has 0 unspecified atom stereocenters. The molecule has 0 heterocycles. The number of nitrogens with two attached hydrogens (primary N) is 1. The van der Waals surface area contributed by atoms with Gasteiger partial charge in [0.25, 0.3) is 0 Å². The van der Waals surface area contributed by atoms with Crippen molar-refractivity contribution >= 4 is 5.91 Å². The molecule has 1 amide bonds. The fourth-order valence-electron chi connectivity index (χ4n) is 0.639. The molecular weight excluding hydrogens is 182 g/mol. The predicted molar refractivity (Wildman–Crippen MR) is 59.2 cm³/mol. The Morgan fingerprint density at radius 1 is 1.14 bits per heavy atom. The lowest BCUT2D eigenvalue weighted by atomic mass is 10.4. The summed E-state index contributed by atoms with van der Waals surface area (Å²) >= 11 is 0. The van der Waals surface area contributed by atoms with Crippen molar-refractivity contribution in [3.8, 4) is 0 Å². The van der Waals surface area contributed by atoms with E-state index in [1.165, 1.54) is 0 Å². The lowest BCUT2D eigenvalue weighted by molar-refractivity contribution is -0.119. The summed E-state index contributed by atoms with van der Waals surface area (Å²) in [5.74, 6) is -0.329. The summed E-state index contributed by atoms with van der Waals surface area (Å²) in [4.78, 5) is 10.2. The Kier molecular flexibility index (Phi) is 16.9. The van der Waals surface area contributed by atoms with Crippen molar-refractivity contribution in [2.75, 3.05) is 26.4 Å². The molecule has 0 aliphatic heterocycles. The third-order valence-corrected chi connectivity index (χ3v) is 1.21. The van der Waals surface area contributed by atoms with Crippen molar-refractivity contribution in [3.63, 3.8) is 0 Å². The van der Waals surface area contributed by atoms with Crippen LogP contribution in [0.25, 0.3) is 0 Å². The molecule has 0 saturated carbocycles. The quantitative estimate of drug-likeness (QED) is 0.615. The molecule has 0 spiro atoms. The average Bonchev–Trinajstić information content (AvgIpc) is 2.19. The van der Waals surface area contributed by atoms with Gasteiger partial charge in [-0.05, 0) is 6.42 Å². The van der Waals surface area contributed by atoms with Gasteiger partial charge in [0.1, 0.15) is 0 Å². The van der Waals surface area contributed by atoms with Crippen LogP contribution in [0.1, 0.15) is 35.0 Å². The highest BCUT2D eigenvalue weighted by molar-refractivity contribution is 5.73. The monoisotopic (exact) mass is 207 g/mol. The highest BCUT2D eigenvalue weighted by Gasteiger charge is 1.93. The summed E-state index contributed by atoms with van der Waals surface area (Å²) in [5.41, 5.74) is 4.90. The molecule has 14 heavy (non-hydrogen) atoms. The van der Waals surface area contributed by atoms with E-state index < -0.39 is 0 Å². The first kappa shape index (κ1) is 15.8. The molecule has 0 radical (unpaired) electrons. The highest BCUT2D eigenvalue weighted by atomic mass is 16.5. The largest absolute Gasteiger partial charge is 0.379 e. The molecule has 0 saturated heterocycles. The second kappa shape index (κ2) is 14.9. The molecular formula is C10H25NO3. The maximum absolute atomic E-state index is 10.2. The number of carbonyl (C=O) groups excluding carboxylic acids is 1. The van der Waals surface area contributed by atoms with Crippen molar-refractivity contribution in [1.29, 1.82) is 0 Å². The zero-order valence-electron chi connectivity index (χ0n) is 9.54. The minimum atomic E-state index is -0.329. The van der Waals surface area contributed by atoms with E-state index in [0.29, 0.717) is 19.8 Å². The summed E-state index contributed by atoms with van der Waals surface area (Å²) in [6.45, 7) is 8.33. The van der Waals surface area contributed by atoms with Crippen molar-refractivity contribution in [2.24, 2.45) is 5.73 Å². The van der Waals surface area contributed by atoms with Crippen molar-refractivity contribution in [3.05, 3.63) is 0 Å². The predicted octanol–water partition coefficient (Wildman–Crippen LogP) is 1.58. The summed E-state index contributed by atoms with van der Waals surface area (Å²) in [6, 6.07) is 0. The van der Waals surface area contributed by atoms with Crippen LogP contribution >= 0.6 is 0 Å². The Bertz CT molecular complexity index is 123. The summed E-state index contributed by atoms with van der Waals surface area (Å²) < 4.78 is 10.2. The van der Waals surface area contributed by atoms with Gasteiger partial charge in [-0.15, -0.1) is 0 Å². The Morgan fingerprint density at radius 3 is 2.07 bits per heavy atom. The molecule has 0 bridgehead atoms. The SMILES string of the molecule is CC.CCCOCCOCCC(N)=O.[HH]. The lowest BCUT2D eigenvalue weighted by Gasteiger charge is -2.02. The van der Waals surface area contributed by atoms with E-state index in [9.17, 15) is 4.79 Å². The molecule has 0 aromatic heterocycles. The fourth-order valence-corrected chi connectivity index (χ4v) is 0.639. The van der Waals surface area contributed by atoms with Gasteiger partial charge in [-0.2, -0.15) is 0 Å². The standard InChI is InChI=1S/C8H17NO3.C2H6.H2/c1-2-4-11-6-7-12-5-3-8(9)10;1-2;/h2-7H2,1H3,(H2,9,10);1-2H3;1H. The van der Waals surface area contributed by atoms with Crippen LogP contribution in [-0.2, 0) is 14.3 Å². The van der Waals surface area contributed by atoms with Crippen molar-refractivity contribution in [1.82, 2.24) is 0 Å². The Morgan fingerprint density at radius 2 is 1.64 bits per heavy atom. The lowest BCUT2D eigenvalue weighted by Crippen LogP contribution is -2.14. The van der Waals surface area contributed by atoms with Gasteiger partial charge in [0.15, 0.2) is 0 Å². The zero-order valence-corrected chi connectivity index (χ0v) is 9.54. The minimum absolute atomic E-state index is 0. The normalized spacial score (nSPS) is 9.07. The molecule has 0 aromatic carbocycles. The van der Waals surface area contributed by atoms with Gasteiger partial charge in [0.05, 0.1) is 19.8 Å². The van der Waals surface area contributed by atoms with E-state index in [2.05, 4.69) is 0 Å². The van der Waals surface area contributed by atoms with Crippen LogP contribution < -0.4 is 5.73 Å².